The molecule has 1 aromatic heterocycles. The first-order valence-corrected chi connectivity index (χ1v) is 7.00. The summed E-state index contributed by atoms with van der Waals surface area (Å²) in [6.45, 7) is 6.21. The van der Waals surface area contributed by atoms with Crippen LogP contribution in [0.4, 0.5) is 0 Å². The van der Waals surface area contributed by atoms with Gasteiger partial charge < -0.3 is 9.88 Å². The summed E-state index contributed by atoms with van der Waals surface area (Å²) in [6, 6.07) is 6.55. The molecule has 1 heterocycles. The van der Waals surface area contributed by atoms with Gasteiger partial charge in [0.25, 0.3) is 0 Å². The Morgan fingerprint density at radius 3 is 2.95 bits per heavy atom. The molecule has 0 fully saturated rings. The molecular formula is C15H20ClN3. The number of halogens is 1. The topological polar surface area (TPSA) is 29.9 Å². The number of aryl methyl sites for hydroxylation is 2. The number of aromatic nitrogens is 2. The fourth-order valence-corrected chi connectivity index (χ4v) is 2.17. The Balaban J connectivity index is 1.77. The normalized spacial score (nSPS) is 12.6. The van der Waals surface area contributed by atoms with Crippen molar-refractivity contribution in [1.29, 1.82) is 0 Å². The van der Waals surface area contributed by atoms with Crippen molar-refractivity contribution in [2.24, 2.45) is 0 Å². The number of rotatable bonds is 6. The maximum Gasteiger partial charge on any atom is 0.0945 e. The van der Waals surface area contributed by atoms with Crippen LogP contribution in [0.1, 0.15) is 30.5 Å². The van der Waals surface area contributed by atoms with Crippen LogP contribution in [-0.4, -0.2) is 16.1 Å². The molecule has 102 valence electrons. The van der Waals surface area contributed by atoms with E-state index in [4.69, 9.17) is 11.6 Å². The van der Waals surface area contributed by atoms with E-state index in [1.54, 1.807) is 0 Å². The highest BCUT2D eigenvalue weighted by Gasteiger charge is 2.05. The molecule has 0 aliphatic rings. The SMILES string of the molecule is Cc1cc(C(C)NCCCn2ccnc2)ccc1Cl. The van der Waals surface area contributed by atoms with Gasteiger partial charge in [-0.25, -0.2) is 4.98 Å². The first-order valence-electron chi connectivity index (χ1n) is 6.62. The lowest BCUT2D eigenvalue weighted by Crippen LogP contribution is -2.21. The Labute approximate surface area is 119 Å². The van der Waals surface area contributed by atoms with Gasteiger partial charge in [0.1, 0.15) is 0 Å². The monoisotopic (exact) mass is 277 g/mol. The summed E-state index contributed by atoms with van der Waals surface area (Å²) >= 11 is 6.04. The lowest BCUT2D eigenvalue weighted by atomic mass is 10.1. The van der Waals surface area contributed by atoms with Crippen LogP contribution >= 0.6 is 11.6 Å². The van der Waals surface area contributed by atoms with Crippen molar-refractivity contribution in [3.8, 4) is 0 Å². The molecular weight excluding hydrogens is 258 g/mol. The van der Waals surface area contributed by atoms with E-state index in [0.29, 0.717) is 6.04 Å². The van der Waals surface area contributed by atoms with Crippen LogP contribution < -0.4 is 5.32 Å². The van der Waals surface area contributed by atoms with Gasteiger partial charge in [-0.3, -0.25) is 0 Å². The van der Waals surface area contributed by atoms with Crippen LogP contribution in [0.2, 0.25) is 5.02 Å². The predicted molar refractivity (Wildman–Crippen MR) is 79.5 cm³/mol. The lowest BCUT2D eigenvalue weighted by Gasteiger charge is -2.15. The standard InChI is InChI=1S/C15H20ClN3/c1-12-10-14(4-5-15(12)16)13(2)18-6-3-8-19-9-7-17-11-19/h4-5,7,9-11,13,18H,3,6,8H2,1-2H3. The van der Waals surface area contributed by atoms with E-state index in [2.05, 4.69) is 33.9 Å². The summed E-state index contributed by atoms with van der Waals surface area (Å²) in [4.78, 5) is 4.03. The molecule has 1 unspecified atom stereocenters. The van der Waals surface area contributed by atoms with Crippen molar-refractivity contribution in [2.75, 3.05) is 6.54 Å². The summed E-state index contributed by atoms with van der Waals surface area (Å²) in [6.07, 6.45) is 6.75. The Kier molecular flexibility index (Phi) is 5.00. The number of nitrogens with one attached hydrogen (secondary N) is 1. The second-order valence-corrected chi connectivity index (χ2v) is 5.25. The lowest BCUT2D eigenvalue weighted by molar-refractivity contribution is 0.526. The number of hydrogen-bond acceptors (Lipinski definition) is 2. The summed E-state index contributed by atoms with van der Waals surface area (Å²) in [5.74, 6) is 0. The third-order valence-electron chi connectivity index (χ3n) is 3.28. The van der Waals surface area contributed by atoms with Gasteiger partial charge in [0.15, 0.2) is 0 Å². The average Bonchev–Trinajstić information content (AvgIpc) is 2.91. The first kappa shape index (κ1) is 14.1. The fraction of sp³-hybridized carbons (Fsp3) is 0.400. The quantitative estimate of drug-likeness (QED) is 0.818. The molecule has 0 amide bonds. The molecule has 0 saturated heterocycles. The highest BCUT2D eigenvalue weighted by molar-refractivity contribution is 6.31. The Bertz CT molecular complexity index is 508. The van der Waals surface area contributed by atoms with E-state index in [9.17, 15) is 0 Å². The van der Waals surface area contributed by atoms with Crippen molar-refractivity contribution in [2.45, 2.75) is 32.9 Å². The Morgan fingerprint density at radius 1 is 1.42 bits per heavy atom. The number of benzene rings is 1. The van der Waals surface area contributed by atoms with Gasteiger partial charge in [-0.1, -0.05) is 23.7 Å². The van der Waals surface area contributed by atoms with Crippen LogP contribution in [0.5, 0.6) is 0 Å². The molecule has 19 heavy (non-hydrogen) atoms. The highest BCUT2D eigenvalue weighted by Crippen LogP contribution is 2.20. The van der Waals surface area contributed by atoms with Crippen molar-refractivity contribution < 1.29 is 0 Å². The second kappa shape index (κ2) is 6.73. The average molecular weight is 278 g/mol. The molecule has 0 saturated carbocycles. The molecule has 1 N–H and O–H groups in total. The number of imidazole rings is 1. The molecule has 2 rings (SSSR count). The maximum absolute atomic E-state index is 6.04. The number of nitrogens with zero attached hydrogens (tertiary/aromatic N) is 2. The molecule has 1 aromatic carbocycles. The van der Waals surface area contributed by atoms with Crippen LogP contribution in [-0.2, 0) is 6.54 Å². The summed E-state index contributed by atoms with van der Waals surface area (Å²) in [7, 11) is 0. The minimum atomic E-state index is 0.346. The molecule has 0 aliphatic carbocycles. The third kappa shape index (κ3) is 4.08. The van der Waals surface area contributed by atoms with E-state index in [1.807, 2.05) is 31.7 Å². The predicted octanol–water partition coefficient (Wildman–Crippen LogP) is 3.59. The summed E-state index contributed by atoms with van der Waals surface area (Å²) in [5, 5.41) is 4.36. The van der Waals surface area contributed by atoms with Gasteiger partial charge in [0, 0.05) is 30.0 Å². The van der Waals surface area contributed by atoms with Crippen LogP contribution in [0.25, 0.3) is 0 Å². The van der Waals surface area contributed by atoms with Gasteiger partial charge in [-0.15, -0.1) is 0 Å². The number of hydrogen-bond donors (Lipinski definition) is 1. The van der Waals surface area contributed by atoms with E-state index in [-0.39, 0.29) is 0 Å². The molecule has 3 nitrogen and oxygen atoms in total. The van der Waals surface area contributed by atoms with E-state index in [1.165, 1.54) is 5.56 Å². The zero-order chi connectivity index (χ0) is 13.7. The molecule has 0 aliphatic heterocycles. The van der Waals surface area contributed by atoms with E-state index < -0.39 is 0 Å². The third-order valence-corrected chi connectivity index (χ3v) is 3.71. The van der Waals surface area contributed by atoms with Gasteiger partial charge >= 0.3 is 0 Å². The maximum atomic E-state index is 6.04. The van der Waals surface area contributed by atoms with Crippen LogP contribution in [0.15, 0.2) is 36.9 Å². The first-order chi connectivity index (χ1) is 9.16. The highest BCUT2D eigenvalue weighted by atomic mass is 35.5. The summed E-state index contributed by atoms with van der Waals surface area (Å²) in [5.41, 5.74) is 2.41. The van der Waals surface area contributed by atoms with E-state index in [0.717, 1.165) is 30.1 Å². The Hall–Kier alpha value is -1.32. The molecule has 2 aromatic rings. The van der Waals surface area contributed by atoms with Crippen LogP contribution in [0.3, 0.4) is 0 Å². The van der Waals surface area contributed by atoms with Crippen molar-refractivity contribution in [1.82, 2.24) is 14.9 Å². The zero-order valence-corrected chi connectivity index (χ0v) is 12.2. The summed E-state index contributed by atoms with van der Waals surface area (Å²) < 4.78 is 2.10. The van der Waals surface area contributed by atoms with Crippen molar-refractivity contribution >= 4 is 11.6 Å². The van der Waals surface area contributed by atoms with Gasteiger partial charge in [0.05, 0.1) is 6.33 Å². The zero-order valence-electron chi connectivity index (χ0n) is 11.4. The van der Waals surface area contributed by atoms with Crippen molar-refractivity contribution in [3.63, 3.8) is 0 Å². The van der Waals surface area contributed by atoms with Gasteiger partial charge in [-0.2, -0.15) is 0 Å². The van der Waals surface area contributed by atoms with E-state index >= 15 is 0 Å². The minimum Gasteiger partial charge on any atom is -0.337 e. The largest absolute Gasteiger partial charge is 0.337 e. The molecule has 1 atom stereocenters. The molecule has 0 spiro atoms. The van der Waals surface area contributed by atoms with Crippen molar-refractivity contribution in [3.05, 3.63) is 53.1 Å². The van der Waals surface area contributed by atoms with Crippen LogP contribution in [0, 0.1) is 6.92 Å². The molecule has 0 bridgehead atoms. The fourth-order valence-electron chi connectivity index (χ4n) is 2.05. The van der Waals surface area contributed by atoms with Gasteiger partial charge in [0.2, 0.25) is 0 Å². The minimum absolute atomic E-state index is 0.346. The second-order valence-electron chi connectivity index (χ2n) is 4.84. The Morgan fingerprint density at radius 2 is 2.26 bits per heavy atom. The smallest absolute Gasteiger partial charge is 0.0945 e. The molecule has 4 heteroatoms. The molecule has 0 radical (unpaired) electrons. The van der Waals surface area contributed by atoms with Gasteiger partial charge in [-0.05, 0) is 44.0 Å².